The Labute approximate surface area is 82.4 Å². The van der Waals surface area contributed by atoms with Gasteiger partial charge in [0.25, 0.3) is 5.92 Å². The van der Waals surface area contributed by atoms with E-state index in [0.717, 1.165) is 0 Å². The van der Waals surface area contributed by atoms with E-state index in [0.29, 0.717) is 0 Å². The Balaban J connectivity index is 4.05. The van der Waals surface area contributed by atoms with E-state index in [2.05, 4.69) is 9.37 Å². The van der Waals surface area contributed by atoms with Crippen molar-refractivity contribution >= 4 is 12.0 Å². The van der Waals surface area contributed by atoms with E-state index in [9.17, 15) is 22.8 Å². The second-order valence-electron chi connectivity index (χ2n) is 2.64. The van der Waals surface area contributed by atoms with Crippen molar-refractivity contribution in [2.45, 2.75) is 37.4 Å². The van der Waals surface area contributed by atoms with Crippen LogP contribution in [0.2, 0.25) is 0 Å². The van der Waals surface area contributed by atoms with E-state index >= 15 is 0 Å². The molecule has 0 N–H and O–H groups in total. The molecule has 0 aliphatic heterocycles. The van der Waals surface area contributed by atoms with Gasteiger partial charge in [-0.05, 0) is 0 Å². The van der Waals surface area contributed by atoms with Gasteiger partial charge in [0.1, 0.15) is 12.0 Å². The second-order valence-corrected chi connectivity index (χ2v) is 3.54. The van der Waals surface area contributed by atoms with E-state index in [1.165, 1.54) is 6.92 Å². The lowest BCUT2D eigenvalue weighted by molar-refractivity contribution is -0.777. The molecule has 0 aliphatic carbocycles. The summed E-state index contributed by atoms with van der Waals surface area (Å²) >= 11 is -0.717. The average molecular weight is 237 g/mol. The predicted octanol–water partition coefficient (Wildman–Crippen LogP) is 2.28. The van der Waals surface area contributed by atoms with Crippen LogP contribution >= 0.6 is 12.0 Å². The van der Waals surface area contributed by atoms with E-state index in [1.54, 1.807) is 0 Å². The lowest BCUT2D eigenvalue weighted by atomic mass is 10.1. The summed E-state index contributed by atoms with van der Waals surface area (Å²) in [5, 5.41) is 8.00. The molecule has 0 heterocycles. The summed E-state index contributed by atoms with van der Waals surface area (Å²) in [5.74, 6) is -3.47. The van der Waals surface area contributed by atoms with E-state index in [-0.39, 0.29) is 6.42 Å². The molecule has 14 heavy (non-hydrogen) atoms. The van der Waals surface area contributed by atoms with E-state index in [4.69, 9.17) is 0 Å². The number of rotatable bonds is 7. The molecular formula is C6H9F4O3S-. The Hall–Kier alpha value is -0.0500. The molecule has 0 bridgehead atoms. The monoisotopic (exact) mass is 237 g/mol. The van der Waals surface area contributed by atoms with Crippen LogP contribution in [0.5, 0.6) is 0 Å². The SMILES string of the molecule is CCCC(F)(F)CC(F)(F)SOO[O-]. The van der Waals surface area contributed by atoms with Crippen LogP contribution in [0.1, 0.15) is 26.2 Å². The maximum atomic E-state index is 12.7. The maximum absolute atomic E-state index is 12.7. The zero-order valence-corrected chi connectivity index (χ0v) is 8.08. The topological polar surface area (TPSA) is 41.5 Å². The molecule has 0 spiro atoms. The first-order valence-corrected chi connectivity index (χ1v) is 4.47. The molecule has 0 atom stereocenters. The van der Waals surface area contributed by atoms with Gasteiger partial charge in [-0.1, -0.05) is 13.3 Å². The average Bonchev–Trinajstić information content (AvgIpc) is 1.98. The van der Waals surface area contributed by atoms with Crippen LogP contribution in [0.4, 0.5) is 17.6 Å². The molecule has 8 heteroatoms. The molecule has 0 aromatic heterocycles. The standard InChI is InChI=1S/C6H10F4O3S/c1-2-3-5(7,8)4-6(9,10)14-13-12-11/h11H,2-4H2,1H3/p-1. The quantitative estimate of drug-likeness (QED) is 0.295. The van der Waals surface area contributed by atoms with E-state index in [1.807, 2.05) is 0 Å². The molecular weight excluding hydrogens is 228 g/mol. The summed E-state index contributed by atoms with van der Waals surface area (Å²) in [4.78, 5) is 0. The van der Waals surface area contributed by atoms with Crippen molar-refractivity contribution in [1.29, 1.82) is 0 Å². The van der Waals surface area contributed by atoms with Crippen molar-refractivity contribution in [1.82, 2.24) is 0 Å². The minimum atomic E-state index is -3.84. The summed E-state index contributed by atoms with van der Waals surface area (Å²) < 4.78 is 53.8. The third kappa shape index (κ3) is 6.41. The van der Waals surface area contributed by atoms with Crippen LogP contribution < -0.4 is 5.26 Å². The van der Waals surface area contributed by atoms with Crippen molar-refractivity contribution in [3.8, 4) is 0 Å². The molecule has 0 fully saturated rings. The van der Waals surface area contributed by atoms with Crippen LogP contribution in [0.25, 0.3) is 0 Å². The molecule has 0 saturated heterocycles. The van der Waals surface area contributed by atoms with Gasteiger partial charge in [-0.25, -0.2) is 8.78 Å². The largest absolute Gasteiger partial charge is 0.691 e. The summed E-state index contributed by atoms with van der Waals surface area (Å²) in [6.07, 6.45) is -2.23. The van der Waals surface area contributed by atoms with Crippen LogP contribution in [0.15, 0.2) is 0 Å². The summed E-state index contributed by atoms with van der Waals surface area (Å²) in [6.45, 7) is 1.45. The zero-order valence-electron chi connectivity index (χ0n) is 7.27. The lowest BCUT2D eigenvalue weighted by Crippen LogP contribution is -2.27. The molecule has 0 aliphatic rings. The van der Waals surface area contributed by atoms with Crippen LogP contribution in [0.3, 0.4) is 0 Å². The fourth-order valence-corrected chi connectivity index (χ4v) is 1.25. The Morgan fingerprint density at radius 1 is 1.29 bits per heavy atom. The van der Waals surface area contributed by atoms with Gasteiger partial charge in [0.2, 0.25) is 0 Å². The molecule has 0 amide bonds. The summed E-state index contributed by atoms with van der Waals surface area (Å²) in [5.41, 5.74) is 0. The highest BCUT2D eigenvalue weighted by molar-refractivity contribution is 7.95. The van der Waals surface area contributed by atoms with Crippen molar-refractivity contribution in [3.63, 3.8) is 0 Å². The highest BCUT2D eigenvalue weighted by Gasteiger charge is 2.44. The third-order valence-electron chi connectivity index (χ3n) is 1.26. The number of hydrogen-bond acceptors (Lipinski definition) is 4. The Morgan fingerprint density at radius 3 is 2.29 bits per heavy atom. The fourth-order valence-electron chi connectivity index (χ4n) is 0.848. The van der Waals surface area contributed by atoms with E-state index < -0.39 is 36.1 Å². The maximum Gasteiger partial charge on any atom is 0.326 e. The smallest absolute Gasteiger partial charge is 0.326 e. The number of alkyl halides is 4. The zero-order chi connectivity index (χ0) is 11.2. The predicted molar refractivity (Wildman–Crippen MR) is 39.2 cm³/mol. The molecule has 0 rings (SSSR count). The summed E-state index contributed by atoms with van der Waals surface area (Å²) in [7, 11) is 0. The minimum Gasteiger partial charge on any atom is -0.691 e. The lowest BCUT2D eigenvalue weighted by Gasteiger charge is -2.21. The molecule has 0 unspecified atom stereocenters. The third-order valence-corrected chi connectivity index (χ3v) is 1.78. The Bertz CT molecular complexity index is 167. The van der Waals surface area contributed by atoms with Crippen LogP contribution in [-0.2, 0) is 9.37 Å². The van der Waals surface area contributed by atoms with Gasteiger partial charge in [-0.15, -0.1) is 0 Å². The van der Waals surface area contributed by atoms with Crippen molar-refractivity contribution < 1.29 is 32.2 Å². The minimum absolute atomic E-state index is 0.0899. The molecule has 86 valence electrons. The van der Waals surface area contributed by atoms with Crippen molar-refractivity contribution in [2.24, 2.45) is 0 Å². The van der Waals surface area contributed by atoms with Gasteiger partial charge >= 0.3 is 5.25 Å². The van der Waals surface area contributed by atoms with Crippen molar-refractivity contribution in [3.05, 3.63) is 0 Å². The van der Waals surface area contributed by atoms with Crippen molar-refractivity contribution in [2.75, 3.05) is 0 Å². The summed E-state index contributed by atoms with van der Waals surface area (Å²) in [6, 6.07) is 0. The Morgan fingerprint density at radius 2 is 1.86 bits per heavy atom. The van der Waals surface area contributed by atoms with Gasteiger partial charge in [0, 0.05) is 6.42 Å². The first-order chi connectivity index (χ1) is 6.33. The van der Waals surface area contributed by atoms with Gasteiger partial charge in [-0.3, -0.25) is 5.04 Å². The molecule has 0 aromatic carbocycles. The van der Waals surface area contributed by atoms with Crippen LogP contribution in [0, 0.1) is 0 Å². The van der Waals surface area contributed by atoms with Crippen LogP contribution in [-0.4, -0.2) is 11.2 Å². The normalized spacial score (nSPS) is 13.3. The number of hydrogen-bond donors (Lipinski definition) is 0. The first-order valence-electron chi connectivity index (χ1n) is 3.73. The van der Waals surface area contributed by atoms with Gasteiger partial charge in [0.05, 0.1) is 6.42 Å². The molecule has 0 aromatic rings. The molecule has 3 nitrogen and oxygen atoms in total. The first kappa shape index (κ1) is 13.9. The van der Waals surface area contributed by atoms with Gasteiger partial charge in [-0.2, -0.15) is 13.1 Å². The molecule has 0 radical (unpaired) electrons. The number of halogens is 4. The van der Waals surface area contributed by atoms with Gasteiger partial charge < -0.3 is 5.26 Å². The highest BCUT2D eigenvalue weighted by atomic mass is 32.2. The van der Waals surface area contributed by atoms with Gasteiger partial charge in [0.15, 0.2) is 0 Å². The second kappa shape index (κ2) is 5.74. The Kier molecular flexibility index (Phi) is 5.72. The fraction of sp³-hybridized carbons (Fsp3) is 1.00. The highest BCUT2D eigenvalue weighted by Crippen LogP contribution is 2.41. The molecule has 0 saturated carbocycles.